The van der Waals surface area contributed by atoms with Crippen LogP contribution in [0.1, 0.15) is 24.0 Å². The Morgan fingerprint density at radius 2 is 1.35 bits per heavy atom. The summed E-state index contributed by atoms with van der Waals surface area (Å²) in [6.07, 6.45) is 4.09. The van der Waals surface area contributed by atoms with Gasteiger partial charge in [-0.25, -0.2) is 0 Å². The molecule has 0 heterocycles. The summed E-state index contributed by atoms with van der Waals surface area (Å²) < 4.78 is 0. The third-order valence-corrected chi connectivity index (χ3v) is 3.95. The smallest absolute Gasteiger partial charge is 0.0459 e. The molecule has 1 nitrogen and oxygen atoms in total. The highest BCUT2D eigenvalue weighted by Crippen LogP contribution is 2.17. The summed E-state index contributed by atoms with van der Waals surface area (Å²) in [7, 11) is 0. The monoisotopic (exact) mass is 288 g/mol. The van der Waals surface area contributed by atoms with E-state index in [1.54, 1.807) is 0 Å². The maximum Gasteiger partial charge on any atom is 0.0459 e. The van der Waals surface area contributed by atoms with Gasteiger partial charge in [0.05, 0.1) is 0 Å². The predicted molar refractivity (Wildman–Crippen MR) is 85.1 cm³/mol. The summed E-state index contributed by atoms with van der Waals surface area (Å²) in [4.78, 5) is 0. The van der Waals surface area contributed by atoms with Crippen molar-refractivity contribution in [3.05, 3.63) is 70.7 Å². The third kappa shape index (κ3) is 4.99. The van der Waals surface area contributed by atoms with Crippen molar-refractivity contribution in [2.45, 2.75) is 25.7 Å². The number of aryl methyl sites for hydroxylation is 2. The van der Waals surface area contributed by atoms with Gasteiger partial charge in [-0.15, -0.1) is 0 Å². The van der Waals surface area contributed by atoms with Gasteiger partial charge in [-0.05, 0) is 54.9 Å². The fraction of sp³-hybridized carbons (Fsp3) is 0.333. The first-order chi connectivity index (χ1) is 9.78. The standard InChI is InChI=1S/C18H21ClO/c19-18-12-10-16(11-13-18)7-9-17(14-20)8-6-15-4-2-1-3-5-15/h1-5,10-13,17,20H,6-9,14H2. The van der Waals surface area contributed by atoms with Crippen LogP contribution in [0.15, 0.2) is 54.6 Å². The molecule has 0 saturated heterocycles. The van der Waals surface area contributed by atoms with Crippen LogP contribution >= 0.6 is 11.6 Å². The van der Waals surface area contributed by atoms with Crippen LogP contribution in [0.2, 0.25) is 5.02 Å². The topological polar surface area (TPSA) is 20.2 Å². The highest BCUT2D eigenvalue weighted by molar-refractivity contribution is 6.30. The van der Waals surface area contributed by atoms with E-state index in [0.29, 0.717) is 5.92 Å². The number of hydrogen-bond acceptors (Lipinski definition) is 1. The lowest BCUT2D eigenvalue weighted by atomic mass is 9.94. The van der Waals surface area contributed by atoms with Crippen LogP contribution in [0.5, 0.6) is 0 Å². The first kappa shape index (κ1) is 15.1. The van der Waals surface area contributed by atoms with Gasteiger partial charge < -0.3 is 5.11 Å². The lowest BCUT2D eigenvalue weighted by Crippen LogP contribution is -2.09. The average Bonchev–Trinajstić information content (AvgIpc) is 2.50. The predicted octanol–water partition coefficient (Wildman–Crippen LogP) is 4.51. The molecule has 2 heteroatoms. The maximum atomic E-state index is 9.51. The molecule has 0 aliphatic rings. The summed E-state index contributed by atoms with van der Waals surface area (Å²) in [5.74, 6) is 0.367. The lowest BCUT2D eigenvalue weighted by molar-refractivity contribution is 0.211. The number of rotatable bonds is 7. The minimum atomic E-state index is 0.264. The molecule has 0 bridgehead atoms. The van der Waals surface area contributed by atoms with Gasteiger partial charge in [-0.1, -0.05) is 54.1 Å². The number of aliphatic hydroxyl groups excluding tert-OH is 1. The van der Waals surface area contributed by atoms with Gasteiger partial charge in [0.15, 0.2) is 0 Å². The molecule has 0 aromatic heterocycles. The summed E-state index contributed by atoms with van der Waals surface area (Å²) in [6, 6.07) is 18.4. The van der Waals surface area contributed by atoms with Crippen molar-refractivity contribution < 1.29 is 5.11 Å². The van der Waals surface area contributed by atoms with Crippen molar-refractivity contribution in [1.29, 1.82) is 0 Å². The molecule has 106 valence electrons. The number of benzene rings is 2. The van der Waals surface area contributed by atoms with Crippen LogP contribution in [0, 0.1) is 5.92 Å². The van der Waals surface area contributed by atoms with E-state index in [-0.39, 0.29) is 6.61 Å². The van der Waals surface area contributed by atoms with Crippen molar-refractivity contribution in [3.63, 3.8) is 0 Å². The Morgan fingerprint density at radius 3 is 1.90 bits per heavy atom. The highest BCUT2D eigenvalue weighted by atomic mass is 35.5. The molecule has 0 fully saturated rings. The van der Waals surface area contributed by atoms with Crippen LogP contribution in [-0.2, 0) is 12.8 Å². The van der Waals surface area contributed by atoms with E-state index in [9.17, 15) is 5.11 Å². The Bertz CT molecular complexity index is 493. The summed E-state index contributed by atoms with van der Waals surface area (Å²) in [5, 5.41) is 10.3. The molecule has 1 unspecified atom stereocenters. The number of halogens is 1. The van der Waals surface area contributed by atoms with E-state index in [1.165, 1.54) is 11.1 Å². The molecule has 0 aliphatic carbocycles. The van der Waals surface area contributed by atoms with Crippen molar-refractivity contribution in [2.24, 2.45) is 5.92 Å². The van der Waals surface area contributed by atoms with E-state index in [2.05, 4.69) is 36.4 Å². The molecule has 2 aromatic carbocycles. The summed E-state index contributed by atoms with van der Waals surface area (Å²) in [6.45, 7) is 0.264. The third-order valence-electron chi connectivity index (χ3n) is 3.70. The van der Waals surface area contributed by atoms with Gasteiger partial charge in [0.1, 0.15) is 0 Å². The molecule has 2 rings (SSSR count). The SMILES string of the molecule is OCC(CCc1ccccc1)CCc1ccc(Cl)cc1. The van der Waals surface area contributed by atoms with Gasteiger partial charge in [0, 0.05) is 11.6 Å². The van der Waals surface area contributed by atoms with E-state index < -0.39 is 0 Å². The minimum absolute atomic E-state index is 0.264. The van der Waals surface area contributed by atoms with Crippen LogP contribution in [-0.4, -0.2) is 11.7 Å². The van der Waals surface area contributed by atoms with Crippen molar-refractivity contribution in [2.75, 3.05) is 6.61 Å². The van der Waals surface area contributed by atoms with Gasteiger partial charge in [0.25, 0.3) is 0 Å². The Morgan fingerprint density at radius 1 is 0.800 bits per heavy atom. The molecule has 0 amide bonds. The molecule has 1 N–H and O–H groups in total. The molecule has 20 heavy (non-hydrogen) atoms. The first-order valence-corrected chi connectivity index (χ1v) is 7.55. The van der Waals surface area contributed by atoms with E-state index in [1.807, 2.05) is 18.2 Å². The summed E-state index contributed by atoms with van der Waals surface area (Å²) in [5.41, 5.74) is 2.63. The fourth-order valence-electron chi connectivity index (χ4n) is 2.36. The number of hydrogen-bond donors (Lipinski definition) is 1. The molecule has 0 saturated carbocycles. The quantitative estimate of drug-likeness (QED) is 0.794. The zero-order valence-electron chi connectivity index (χ0n) is 11.6. The van der Waals surface area contributed by atoms with E-state index >= 15 is 0 Å². The van der Waals surface area contributed by atoms with Gasteiger partial charge >= 0.3 is 0 Å². The fourth-order valence-corrected chi connectivity index (χ4v) is 2.49. The Hall–Kier alpha value is -1.31. The Kier molecular flexibility index (Phi) is 6.10. The summed E-state index contributed by atoms with van der Waals surface area (Å²) >= 11 is 5.88. The van der Waals surface area contributed by atoms with Crippen molar-refractivity contribution >= 4 is 11.6 Å². The normalized spacial score (nSPS) is 12.3. The van der Waals surface area contributed by atoms with Crippen molar-refractivity contribution in [3.8, 4) is 0 Å². The molecule has 2 aromatic rings. The highest BCUT2D eigenvalue weighted by Gasteiger charge is 2.08. The largest absolute Gasteiger partial charge is 0.396 e. The second kappa shape index (κ2) is 8.08. The molecule has 0 aliphatic heterocycles. The van der Waals surface area contributed by atoms with Crippen LogP contribution in [0.3, 0.4) is 0 Å². The average molecular weight is 289 g/mol. The molecule has 0 spiro atoms. The van der Waals surface area contributed by atoms with Crippen LogP contribution in [0.25, 0.3) is 0 Å². The van der Waals surface area contributed by atoms with Gasteiger partial charge in [0.2, 0.25) is 0 Å². The zero-order chi connectivity index (χ0) is 14.2. The second-order valence-corrected chi connectivity index (χ2v) is 5.67. The number of aliphatic hydroxyl groups is 1. The minimum Gasteiger partial charge on any atom is -0.396 e. The lowest BCUT2D eigenvalue weighted by Gasteiger charge is -2.14. The van der Waals surface area contributed by atoms with Crippen molar-refractivity contribution in [1.82, 2.24) is 0 Å². The molecule has 0 radical (unpaired) electrons. The zero-order valence-corrected chi connectivity index (χ0v) is 12.4. The Balaban J connectivity index is 1.79. The first-order valence-electron chi connectivity index (χ1n) is 7.17. The van der Waals surface area contributed by atoms with Crippen LogP contribution in [0.4, 0.5) is 0 Å². The van der Waals surface area contributed by atoms with Gasteiger partial charge in [-0.2, -0.15) is 0 Å². The molecular weight excluding hydrogens is 268 g/mol. The Labute approximate surface area is 126 Å². The molecule has 1 atom stereocenters. The van der Waals surface area contributed by atoms with E-state index in [0.717, 1.165) is 30.7 Å². The molecular formula is C18H21ClO. The van der Waals surface area contributed by atoms with E-state index in [4.69, 9.17) is 11.6 Å². The maximum absolute atomic E-state index is 9.51. The van der Waals surface area contributed by atoms with Gasteiger partial charge in [-0.3, -0.25) is 0 Å². The van der Waals surface area contributed by atoms with Crippen LogP contribution < -0.4 is 0 Å². The second-order valence-electron chi connectivity index (χ2n) is 5.24.